The average Bonchev–Trinajstić information content (AvgIpc) is 3.15. The van der Waals surface area contributed by atoms with Crippen LogP contribution in [0, 0.1) is 17.3 Å². The fourth-order valence-corrected chi connectivity index (χ4v) is 4.85. The molecule has 0 radical (unpaired) electrons. The first-order valence-electron chi connectivity index (χ1n) is 7.96. The predicted octanol–water partition coefficient (Wildman–Crippen LogP) is 3.03. The van der Waals surface area contributed by atoms with Crippen LogP contribution in [0.5, 0.6) is 0 Å². The van der Waals surface area contributed by atoms with Gasteiger partial charge in [0.05, 0.1) is 11.6 Å². The van der Waals surface area contributed by atoms with Gasteiger partial charge in [0.15, 0.2) is 0 Å². The van der Waals surface area contributed by atoms with Crippen molar-refractivity contribution in [3.63, 3.8) is 0 Å². The number of para-hydroxylation sites is 1. The number of hydrogen-bond acceptors (Lipinski definition) is 3. The van der Waals surface area contributed by atoms with Crippen molar-refractivity contribution in [2.75, 3.05) is 6.54 Å². The smallest absolute Gasteiger partial charge is 0.0868 e. The van der Waals surface area contributed by atoms with E-state index in [1.165, 1.54) is 19.3 Å². The number of nitrogens with zero attached hydrogens (tertiary/aromatic N) is 1. The second-order valence-electron chi connectivity index (χ2n) is 6.84. The third kappa shape index (κ3) is 1.84. The van der Waals surface area contributed by atoms with Crippen LogP contribution in [0.1, 0.15) is 37.4 Å². The average molecular weight is 282 g/mol. The number of nitrogens with two attached hydrogens (primary N) is 1. The van der Waals surface area contributed by atoms with Gasteiger partial charge in [-0.3, -0.25) is 4.98 Å². The van der Waals surface area contributed by atoms with Gasteiger partial charge in [0.1, 0.15) is 0 Å². The van der Waals surface area contributed by atoms with E-state index in [0.717, 1.165) is 28.8 Å². The maximum Gasteiger partial charge on any atom is 0.0868 e. The van der Waals surface area contributed by atoms with Gasteiger partial charge in [-0.2, -0.15) is 0 Å². The number of rotatable bonds is 3. The zero-order valence-electron chi connectivity index (χ0n) is 12.2. The number of aromatic nitrogens is 1. The highest BCUT2D eigenvalue weighted by molar-refractivity contribution is 5.82. The summed E-state index contributed by atoms with van der Waals surface area (Å²) in [5.41, 5.74) is 7.98. The Balaban J connectivity index is 1.81. The Morgan fingerprint density at radius 1 is 1.29 bits per heavy atom. The summed E-state index contributed by atoms with van der Waals surface area (Å²) in [5.74, 6) is 1.34. The van der Waals surface area contributed by atoms with Crippen molar-refractivity contribution in [2.45, 2.75) is 31.8 Å². The normalized spacial score (nSPS) is 32.7. The second kappa shape index (κ2) is 4.79. The molecule has 2 saturated carbocycles. The molecule has 1 aromatic heterocycles. The van der Waals surface area contributed by atoms with Crippen molar-refractivity contribution in [1.29, 1.82) is 0 Å². The molecule has 0 spiro atoms. The molecule has 110 valence electrons. The third-order valence-corrected chi connectivity index (χ3v) is 5.92. The lowest BCUT2D eigenvalue weighted by atomic mass is 9.67. The van der Waals surface area contributed by atoms with Gasteiger partial charge in [-0.1, -0.05) is 24.6 Å². The monoisotopic (exact) mass is 282 g/mol. The van der Waals surface area contributed by atoms with E-state index >= 15 is 0 Å². The molecule has 0 amide bonds. The lowest BCUT2D eigenvalue weighted by Gasteiger charge is -2.41. The van der Waals surface area contributed by atoms with E-state index in [0.29, 0.717) is 12.5 Å². The Morgan fingerprint density at radius 2 is 2.14 bits per heavy atom. The van der Waals surface area contributed by atoms with Crippen molar-refractivity contribution >= 4 is 10.9 Å². The fourth-order valence-electron chi connectivity index (χ4n) is 4.85. The summed E-state index contributed by atoms with van der Waals surface area (Å²) >= 11 is 0. The van der Waals surface area contributed by atoms with Crippen molar-refractivity contribution in [2.24, 2.45) is 23.0 Å². The Kier molecular flexibility index (Phi) is 3.02. The van der Waals surface area contributed by atoms with Crippen LogP contribution in [0.4, 0.5) is 0 Å². The third-order valence-electron chi connectivity index (χ3n) is 5.92. The minimum absolute atomic E-state index is 0.132. The Morgan fingerprint density at radius 3 is 2.86 bits per heavy atom. The summed E-state index contributed by atoms with van der Waals surface area (Å²) in [5, 5.41) is 12.2. The number of hydrogen-bond donors (Lipinski definition) is 2. The fraction of sp³-hybridized carbons (Fsp3) is 0.500. The maximum absolute atomic E-state index is 11.2. The summed E-state index contributed by atoms with van der Waals surface area (Å²) in [6.45, 7) is 0.575. The highest BCUT2D eigenvalue weighted by Gasteiger charge is 2.54. The molecule has 1 aromatic carbocycles. The van der Waals surface area contributed by atoms with Gasteiger partial charge >= 0.3 is 0 Å². The molecule has 1 heterocycles. The molecule has 21 heavy (non-hydrogen) atoms. The molecule has 0 aliphatic heterocycles. The maximum atomic E-state index is 11.2. The molecular formula is C18H22N2O. The van der Waals surface area contributed by atoms with Crippen molar-refractivity contribution in [1.82, 2.24) is 4.98 Å². The van der Waals surface area contributed by atoms with Gasteiger partial charge in [0, 0.05) is 23.5 Å². The minimum atomic E-state index is -0.481. The lowest BCUT2D eigenvalue weighted by molar-refractivity contribution is -0.0121. The number of fused-ring (bicyclic) bond motifs is 3. The molecular weight excluding hydrogens is 260 g/mol. The number of aliphatic hydroxyl groups is 1. The van der Waals surface area contributed by atoms with Gasteiger partial charge in [-0.25, -0.2) is 0 Å². The number of aliphatic hydroxyl groups excluding tert-OH is 1. The molecule has 2 aromatic rings. The van der Waals surface area contributed by atoms with Gasteiger partial charge in [-0.05, 0) is 48.8 Å². The first-order chi connectivity index (χ1) is 10.2. The zero-order chi connectivity index (χ0) is 14.4. The van der Waals surface area contributed by atoms with E-state index < -0.39 is 6.10 Å². The van der Waals surface area contributed by atoms with Crippen LogP contribution >= 0.6 is 0 Å². The van der Waals surface area contributed by atoms with E-state index in [1.54, 1.807) is 6.20 Å². The minimum Gasteiger partial charge on any atom is -0.388 e. The van der Waals surface area contributed by atoms with Gasteiger partial charge in [0.25, 0.3) is 0 Å². The Labute approximate surface area is 125 Å². The Bertz CT molecular complexity index is 666. The first kappa shape index (κ1) is 13.2. The molecule has 2 fully saturated rings. The van der Waals surface area contributed by atoms with Crippen LogP contribution in [0.2, 0.25) is 0 Å². The molecule has 4 unspecified atom stereocenters. The van der Waals surface area contributed by atoms with Gasteiger partial charge in [0.2, 0.25) is 0 Å². The van der Waals surface area contributed by atoms with Crippen LogP contribution in [0.15, 0.2) is 36.5 Å². The van der Waals surface area contributed by atoms with E-state index in [-0.39, 0.29) is 5.41 Å². The quantitative estimate of drug-likeness (QED) is 0.909. The van der Waals surface area contributed by atoms with Gasteiger partial charge in [-0.15, -0.1) is 0 Å². The molecule has 0 saturated heterocycles. The summed E-state index contributed by atoms with van der Waals surface area (Å²) < 4.78 is 0. The lowest BCUT2D eigenvalue weighted by Crippen LogP contribution is -2.41. The van der Waals surface area contributed by atoms with E-state index in [4.69, 9.17) is 5.73 Å². The molecule has 2 bridgehead atoms. The molecule has 2 aliphatic carbocycles. The summed E-state index contributed by atoms with van der Waals surface area (Å²) in [7, 11) is 0. The molecule has 2 aliphatic rings. The molecule has 4 atom stereocenters. The zero-order valence-corrected chi connectivity index (χ0v) is 12.2. The highest BCUT2D eigenvalue weighted by Crippen LogP contribution is 2.60. The molecule has 3 nitrogen and oxygen atoms in total. The number of pyridine rings is 1. The summed E-state index contributed by atoms with van der Waals surface area (Å²) in [6.07, 6.45) is 6.19. The van der Waals surface area contributed by atoms with Crippen molar-refractivity contribution in [3.05, 3.63) is 42.1 Å². The van der Waals surface area contributed by atoms with E-state index in [9.17, 15) is 5.11 Å². The van der Waals surface area contributed by atoms with Crippen molar-refractivity contribution in [3.8, 4) is 0 Å². The van der Waals surface area contributed by atoms with Crippen LogP contribution in [-0.4, -0.2) is 16.6 Å². The van der Waals surface area contributed by atoms with Crippen LogP contribution in [0.3, 0.4) is 0 Å². The predicted molar refractivity (Wildman–Crippen MR) is 83.6 cm³/mol. The first-order valence-corrected chi connectivity index (χ1v) is 7.96. The van der Waals surface area contributed by atoms with Crippen molar-refractivity contribution < 1.29 is 5.11 Å². The summed E-state index contributed by atoms with van der Waals surface area (Å²) in [4.78, 5) is 4.41. The highest BCUT2D eigenvalue weighted by atomic mass is 16.3. The summed E-state index contributed by atoms with van der Waals surface area (Å²) in [6, 6.07) is 10.0. The largest absolute Gasteiger partial charge is 0.388 e. The molecule has 4 rings (SSSR count). The van der Waals surface area contributed by atoms with E-state index in [2.05, 4.69) is 11.1 Å². The van der Waals surface area contributed by atoms with Crippen LogP contribution < -0.4 is 5.73 Å². The number of benzene rings is 1. The van der Waals surface area contributed by atoms with Crippen LogP contribution in [0.25, 0.3) is 10.9 Å². The van der Waals surface area contributed by atoms with E-state index in [1.807, 2.05) is 24.3 Å². The topological polar surface area (TPSA) is 59.1 Å². The Hall–Kier alpha value is -1.45. The molecule has 3 N–H and O–H groups in total. The second-order valence-corrected chi connectivity index (χ2v) is 6.84. The SMILES string of the molecule is NCC1(C(O)c2ccnc3ccccc23)CC2CCC1C2. The molecule has 3 heteroatoms. The van der Waals surface area contributed by atoms with Crippen LogP contribution in [-0.2, 0) is 0 Å². The van der Waals surface area contributed by atoms with Gasteiger partial charge < -0.3 is 10.8 Å². The standard InChI is InChI=1S/C18H22N2O/c19-11-18(10-12-5-6-13(18)9-12)17(21)15-7-8-20-16-4-2-1-3-14(15)16/h1-4,7-8,12-13,17,21H,5-6,9-11,19H2.